The molecule has 0 bridgehead atoms. The number of hydrogen-bond donors (Lipinski definition) is 1. The van der Waals surface area contributed by atoms with Crippen molar-refractivity contribution < 1.29 is 5.11 Å². The predicted molar refractivity (Wildman–Crippen MR) is 104 cm³/mol. The molecule has 0 aliphatic heterocycles. The summed E-state index contributed by atoms with van der Waals surface area (Å²) in [6.45, 7) is 8.54. The second-order valence-electron chi connectivity index (χ2n) is 5.82. The minimum Gasteiger partial charge on any atom is -0.508 e. The van der Waals surface area contributed by atoms with Crippen molar-refractivity contribution in [3.63, 3.8) is 0 Å². The zero-order valence-electron chi connectivity index (χ0n) is 15.5. The van der Waals surface area contributed by atoms with Crippen LogP contribution in [0.2, 0.25) is 0 Å². The molecule has 0 aliphatic carbocycles. The summed E-state index contributed by atoms with van der Waals surface area (Å²) in [5, 5.41) is 9.25. The molecule has 0 amide bonds. The normalized spacial score (nSPS) is 10.8. The molecule has 1 heteroatoms. The van der Waals surface area contributed by atoms with Gasteiger partial charge in [0.25, 0.3) is 0 Å². The minimum atomic E-state index is 0.270. The Morgan fingerprint density at radius 1 is 0.833 bits per heavy atom. The molecule has 0 heterocycles. The summed E-state index contributed by atoms with van der Waals surface area (Å²) in [5.41, 5.74) is 3.33. The molecule has 1 unspecified atom stereocenters. The third-order valence-corrected chi connectivity index (χ3v) is 3.94. The second-order valence-corrected chi connectivity index (χ2v) is 5.82. The Labute approximate surface area is 147 Å². The smallest absolute Gasteiger partial charge is 0.115 e. The number of unbranched alkanes of at least 4 members (excludes halogenated alkanes) is 2. The van der Waals surface area contributed by atoms with Gasteiger partial charge in [0, 0.05) is 11.1 Å². The SMILES string of the molecule is CC.CCCCCC(C)c1ccc(C#Cc2ccc(O)cc2)cc1. The molecule has 0 aromatic heterocycles. The maximum absolute atomic E-state index is 9.25. The van der Waals surface area contributed by atoms with Crippen LogP contribution in [0, 0.1) is 11.8 Å². The molecule has 2 aromatic carbocycles. The first-order valence-corrected chi connectivity index (χ1v) is 9.10. The molecule has 0 radical (unpaired) electrons. The lowest BCUT2D eigenvalue weighted by molar-refractivity contribution is 0.475. The average Bonchev–Trinajstić information content (AvgIpc) is 2.63. The monoisotopic (exact) mass is 322 g/mol. The molecular formula is C23H30O. The van der Waals surface area contributed by atoms with E-state index in [1.807, 2.05) is 26.0 Å². The zero-order chi connectivity index (χ0) is 17.8. The summed E-state index contributed by atoms with van der Waals surface area (Å²) in [7, 11) is 0. The van der Waals surface area contributed by atoms with Gasteiger partial charge in [-0.05, 0) is 54.3 Å². The molecule has 0 spiro atoms. The summed E-state index contributed by atoms with van der Waals surface area (Å²) in [4.78, 5) is 0. The zero-order valence-corrected chi connectivity index (χ0v) is 15.5. The van der Waals surface area contributed by atoms with E-state index in [1.54, 1.807) is 12.1 Å². The summed E-state index contributed by atoms with van der Waals surface area (Å²) in [5.74, 6) is 7.17. The Hall–Kier alpha value is -2.20. The van der Waals surface area contributed by atoms with Gasteiger partial charge in [-0.1, -0.05) is 70.9 Å². The first-order chi connectivity index (χ1) is 11.7. The number of aromatic hydroxyl groups is 1. The van der Waals surface area contributed by atoms with Crippen LogP contribution in [0.1, 0.15) is 76.0 Å². The Balaban J connectivity index is 0.00000139. The summed E-state index contributed by atoms with van der Waals surface area (Å²) in [6.07, 6.45) is 5.16. The standard InChI is InChI=1S/C21H24O.C2H6/c1-3-4-5-6-17(2)20-13-9-18(10-14-20)7-8-19-11-15-21(22)16-12-19;1-2/h9-17,22H,3-6H2,1-2H3;1-2H3. The Morgan fingerprint density at radius 2 is 1.33 bits per heavy atom. The molecule has 2 aromatic rings. The maximum Gasteiger partial charge on any atom is 0.115 e. The van der Waals surface area contributed by atoms with E-state index in [-0.39, 0.29) is 5.75 Å². The highest BCUT2D eigenvalue weighted by molar-refractivity contribution is 5.44. The molecule has 0 saturated carbocycles. The average molecular weight is 322 g/mol. The summed E-state index contributed by atoms with van der Waals surface area (Å²) in [6, 6.07) is 15.5. The van der Waals surface area contributed by atoms with Gasteiger partial charge in [0.2, 0.25) is 0 Å². The highest BCUT2D eigenvalue weighted by atomic mass is 16.3. The number of phenols is 1. The lowest BCUT2D eigenvalue weighted by atomic mass is 9.94. The van der Waals surface area contributed by atoms with Crippen LogP contribution in [0.5, 0.6) is 5.75 Å². The highest BCUT2D eigenvalue weighted by Gasteiger charge is 2.04. The van der Waals surface area contributed by atoms with E-state index in [2.05, 4.69) is 50.0 Å². The fourth-order valence-electron chi connectivity index (χ4n) is 2.45. The van der Waals surface area contributed by atoms with Crippen molar-refractivity contribution in [3.8, 4) is 17.6 Å². The van der Waals surface area contributed by atoms with Gasteiger partial charge < -0.3 is 5.11 Å². The first kappa shape index (κ1) is 19.8. The molecule has 1 nitrogen and oxygen atoms in total. The first-order valence-electron chi connectivity index (χ1n) is 9.10. The number of hydrogen-bond acceptors (Lipinski definition) is 1. The van der Waals surface area contributed by atoms with Crippen LogP contribution in [0.4, 0.5) is 0 Å². The molecule has 0 aliphatic rings. The quantitative estimate of drug-likeness (QED) is 0.492. The van der Waals surface area contributed by atoms with Gasteiger partial charge >= 0.3 is 0 Å². The summed E-state index contributed by atoms with van der Waals surface area (Å²) >= 11 is 0. The molecule has 24 heavy (non-hydrogen) atoms. The van der Waals surface area contributed by atoms with Crippen LogP contribution in [0.25, 0.3) is 0 Å². The van der Waals surface area contributed by atoms with Gasteiger partial charge in [-0.2, -0.15) is 0 Å². The van der Waals surface area contributed by atoms with Gasteiger partial charge in [-0.15, -0.1) is 0 Å². The van der Waals surface area contributed by atoms with Crippen LogP contribution in [0.3, 0.4) is 0 Å². The number of benzene rings is 2. The van der Waals surface area contributed by atoms with E-state index < -0.39 is 0 Å². The molecule has 1 N–H and O–H groups in total. The Kier molecular flexibility index (Phi) is 9.39. The molecule has 0 fully saturated rings. The van der Waals surface area contributed by atoms with Crippen LogP contribution in [-0.2, 0) is 0 Å². The van der Waals surface area contributed by atoms with Gasteiger partial charge in [0.05, 0.1) is 0 Å². The highest BCUT2D eigenvalue weighted by Crippen LogP contribution is 2.22. The third-order valence-electron chi connectivity index (χ3n) is 3.94. The Morgan fingerprint density at radius 3 is 1.83 bits per heavy atom. The van der Waals surface area contributed by atoms with Crippen LogP contribution in [-0.4, -0.2) is 5.11 Å². The van der Waals surface area contributed by atoms with Gasteiger partial charge in [0.1, 0.15) is 5.75 Å². The third kappa shape index (κ3) is 6.92. The van der Waals surface area contributed by atoms with E-state index in [0.29, 0.717) is 5.92 Å². The maximum atomic E-state index is 9.25. The van der Waals surface area contributed by atoms with E-state index in [4.69, 9.17) is 0 Å². The lowest BCUT2D eigenvalue weighted by Crippen LogP contribution is -1.93. The summed E-state index contributed by atoms with van der Waals surface area (Å²) < 4.78 is 0. The minimum absolute atomic E-state index is 0.270. The van der Waals surface area contributed by atoms with Crippen molar-refractivity contribution >= 4 is 0 Å². The van der Waals surface area contributed by atoms with Gasteiger partial charge in [0.15, 0.2) is 0 Å². The fourth-order valence-corrected chi connectivity index (χ4v) is 2.45. The van der Waals surface area contributed by atoms with E-state index in [1.165, 1.54) is 31.2 Å². The fraction of sp³-hybridized carbons (Fsp3) is 0.391. The van der Waals surface area contributed by atoms with Crippen molar-refractivity contribution in [2.24, 2.45) is 0 Å². The predicted octanol–water partition coefficient (Wildman–Crippen LogP) is 6.50. The van der Waals surface area contributed by atoms with Crippen LogP contribution >= 0.6 is 0 Å². The van der Waals surface area contributed by atoms with E-state index >= 15 is 0 Å². The molecule has 2 rings (SSSR count). The van der Waals surface area contributed by atoms with Crippen molar-refractivity contribution in [2.45, 2.75) is 59.3 Å². The lowest BCUT2D eigenvalue weighted by Gasteiger charge is -2.11. The second kappa shape index (κ2) is 11.4. The Bertz CT molecular complexity index is 626. The van der Waals surface area contributed by atoms with Crippen molar-refractivity contribution in [1.82, 2.24) is 0 Å². The molecule has 128 valence electrons. The van der Waals surface area contributed by atoms with Crippen molar-refractivity contribution in [2.75, 3.05) is 0 Å². The molecule has 0 saturated heterocycles. The van der Waals surface area contributed by atoms with Crippen LogP contribution in [0.15, 0.2) is 48.5 Å². The number of rotatable bonds is 5. The van der Waals surface area contributed by atoms with E-state index in [0.717, 1.165) is 11.1 Å². The molecule has 1 atom stereocenters. The molecular weight excluding hydrogens is 292 g/mol. The number of phenolic OH excluding ortho intramolecular Hbond substituents is 1. The van der Waals surface area contributed by atoms with Crippen LogP contribution < -0.4 is 0 Å². The largest absolute Gasteiger partial charge is 0.508 e. The van der Waals surface area contributed by atoms with Crippen molar-refractivity contribution in [3.05, 3.63) is 65.2 Å². The van der Waals surface area contributed by atoms with Gasteiger partial charge in [-0.3, -0.25) is 0 Å². The van der Waals surface area contributed by atoms with E-state index in [9.17, 15) is 5.11 Å². The van der Waals surface area contributed by atoms with Gasteiger partial charge in [-0.25, -0.2) is 0 Å². The van der Waals surface area contributed by atoms with Crippen molar-refractivity contribution in [1.29, 1.82) is 0 Å². The topological polar surface area (TPSA) is 20.2 Å².